The monoisotopic (exact) mass is 253 g/mol. The predicted molar refractivity (Wildman–Crippen MR) is 66.8 cm³/mol. The molecule has 0 unspecified atom stereocenters. The molecular formula is C11H15N3O4. The molecule has 0 aliphatic heterocycles. The van der Waals surface area contributed by atoms with Crippen molar-refractivity contribution < 1.29 is 14.5 Å². The van der Waals surface area contributed by atoms with Crippen LogP contribution in [0.4, 0.5) is 11.4 Å². The molecule has 0 saturated carbocycles. The Kier molecular flexibility index (Phi) is 4.61. The number of hydrogen-bond donors (Lipinski definition) is 1. The summed E-state index contributed by atoms with van der Waals surface area (Å²) >= 11 is 0. The number of likely N-dealkylation sites (N-methyl/N-ethyl adjacent to an activating group) is 1. The summed E-state index contributed by atoms with van der Waals surface area (Å²) in [5.41, 5.74) is 0.326. The van der Waals surface area contributed by atoms with Crippen LogP contribution in [0.25, 0.3) is 0 Å². The normalized spacial score (nSPS) is 10.2. The van der Waals surface area contributed by atoms with Gasteiger partial charge < -0.3 is 15.0 Å². The molecular weight excluding hydrogens is 238 g/mol. The van der Waals surface area contributed by atoms with Gasteiger partial charge in [-0.15, -0.1) is 0 Å². The van der Waals surface area contributed by atoms with E-state index in [0.29, 0.717) is 5.69 Å². The topological polar surface area (TPSA) is 84.7 Å². The second-order valence-electron chi connectivity index (χ2n) is 3.93. The molecule has 98 valence electrons. The molecule has 0 fully saturated rings. The van der Waals surface area contributed by atoms with Crippen LogP contribution in [0, 0.1) is 10.1 Å². The van der Waals surface area contributed by atoms with Crippen molar-refractivity contribution in [3.63, 3.8) is 0 Å². The number of nitro groups is 1. The van der Waals surface area contributed by atoms with Crippen LogP contribution in [-0.4, -0.2) is 43.5 Å². The van der Waals surface area contributed by atoms with Crippen molar-refractivity contribution in [3.8, 4) is 5.75 Å². The maximum atomic E-state index is 11.5. The van der Waals surface area contributed by atoms with Crippen molar-refractivity contribution in [1.29, 1.82) is 0 Å². The molecule has 0 aliphatic rings. The molecule has 0 radical (unpaired) electrons. The maximum Gasteiger partial charge on any atom is 0.311 e. The molecule has 0 bridgehead atoms. The summed E-state index contributed by atoms with van der Waals surface area (Å²) in [6, 6.07) is 4.18. The zero-order valence-electron chi connectivity index (χ0n) is 10.5. The lowest BCUT2D eigenvalue weighted by Gasteiger charge is -2.10. The Morgan fingerprint density at radius 3 is 2.67 bits per heavy atom. The molecule has 1 rings (SSSR count). The van der Waals surface area contributed by atoms with E-state index in [1.807, 2.05) is 0 Å². The van der Waals surface area contributed by atoms with Gasteiger partial charge in [-0.25, -0.2) is 0 Å². The highest BCUT2D eigenvalue weighted by atomic mass is 16.6. The standard InChI is InChI=1S/C11H15N3O4/c1-13(2)7-11(15)12-8-4-5-9(14(16)17)10(6-8)18-3/h4-6H,7H2,1-3H3,(H,12,15). The first-order chi connectivity index (χ1) is 8.43. The van der Waals surface area contributed by atoms with Gasteiger partial charge in [-0.05, 0) is 20.2 Å². The van der Waals surface area contributed by atoms with Crippen molar-refractivity contribution in [2.24, 2.45) is 0 Å². The molecule has 0 atom stereocenters. The van der Waals surface area contributed by atoms with Crippen LogP contribution >= 0.6 is 0 Å². The molecule has 0 aromatic heterocycles. The number of benzene rings is 1. The van der Waals surface area contributed by atoms with Crippen LogP contribution in [0.15, 0.2) is 18.2 Å². The Labute approximate surface area is 104 Å². The summed E-state index contributed by atoms with van der Waals surface area (Å²) in [6.07, 6.45) is 0. The van der Waals surface area contributed by atoms with Gasteiger partial charge in [0.25, 0.3) is 0 Å². The van der Waals surface area contributed by atoms with Gasteiger partial charge in [-0.3, -0.25) is 14.9 Å². The smallest absolute Gasteiger partial charge is 0.311 e. The molecule has 0 heterocycles. The van der Waals surface area contributed by atoms with Crippen LogP contribution in [0.5, 0.6) is 5.75 Å². The molecule has 18 heavy (non-hydrogen) atoms. The third kappa shape index (κ3) is 3.70. The number of nitrogens with zero attached hydrogens (tertiary/aromatic N) is 2. The van der Waals surface area contributed by atoms with Gasteiger partial charge in [0.1, 0.15) is 0 Å². The van der Waals surface area contributed by atoms with Crippen LogP contribution in [0.1, 0.15) is 0 Å². The first kappa shape index (κ1) is 13.9. The van der Waals surface area contributed by atoms with Crippen LogP contribution in [0.2, 0.25) is 0 Å². The molecule has 1 amide bonds. The van der Waals surface area contributed by atoms with E-state index in [1.165, 1.54) is 25.3 Å². The zero-order chi connectivity index (χ0) is 13.7. The molecule has 7 nitrogen and oxygen atoms in total. The molecule has 0 spiro atoms. The average Bonchev–Trinajstić information content (AvgIpc) is 2.27. The van der Waals surface area contributed by atoms with Crippen molar-refractivity contribution in [2.75, 3.05) is 33.1 Å². The van der Waals surface area contributed by atoms with Crippen LogP contribution in [-0.2, 0) is 4.79 Å². The Balaban J connectivity index is 2.86. The molecule has 1 N–H and O–H groups in total. The van der Waals surface area contributed by atoms with Gasteiger partial charge >= 0.3 is 5.69 Å². The Hall–Kier alpha value is -2.15. The van der Waals surface area contributed by atoms with Crippen molar-refractivity contribution in [2.45, 2.75) is 0 Å². The number of anilines is 1. The van der Waals surface area contributed by atoms with E-state index >= 15 is 0 Å². The quantitative estimate of drug-likeness (QED) is 0.627. The van der Waals surface area contributed by atoms with Gasteiger partial charge in [-0.1, -0.05) is 0 Å². The highest BCUT2D eigenvalue weighted by Crippen LogP contribution is 2.29. The fourth-order valence-corrected chi connectivity index (χ4v) is 1.39. The van der Waals surface area contributed by atoms with Crippen molar-refractivity contribution in [1.82, 2.24) is 4.90 Å². The van der Waals surface area contributed by atoms with Gasteiger partial charge in [0.2, 0.25) is 5.91 Å². The van der Waals surface area contributed by atoms with E-state index in [1.54, 1.807) is 19.0 Å². The van der Waals surface area contributed by atoms with Crippen molar-refractivity contribution in [3.05, 3.63) is 28.3 Å². The Bertz CT molecular complexity index is 460. The van der Waals surface area contributed by atoms with E-state index in [2.05, 4.69) is 5.32 Å². The number of nitro benzene ring substituents is 1. The summed E-state index contributed by atoms with van der Waals surface area (Å²) in [7, 11) is 4.89. The van der Waals surface area contributed by atoms with E-state index in [4.69, 9.17) is 4.74 Å². The number of carbonyl (C=O) groups is 1. The fraction of sp³-hybridized carbons (Fsp3) is 0.364. The third-order valence-corrected chi connectivity index (χ3v) is 2.12. The third-order valence-electron chi connectivity index (χ3n) is 2.12. The zero-order valence-corrected chi connectivity index (χ0v) is 10.5. The van der Waals surface area contributed by atoms with E-state index in [9.17, 15) is 14.9 Å². The van der Waals surface area contributed by atoms with Crippen molar-refractivity contribution >= 4 is 17.3 Å². The fourth-order valence-electron chi connectivity index (χ4n) is 1.39. The summed E-state index contributed by atoms with van der Waals surface area (Å²) < 4.78 is 4.91. The minimum atomic E-state index is -0.537. The van der Waals surface area contributed by atoms with E-state index in [-0.39, 0.29) is 23.9 Å². The van der Waals surface area contributed by atoms with E-state index in [0.717, 1.165) is 0 Å². The summed E-state index contributed by atoms with van der Waals surface area (Å²) in [5, 5.41) is 13.3. The van der Waals surface area contributed by atoms with Crippen LogP contribution < -0.4 is 10.1 Å². The number of amides is 1. The summed E-state index contributed by atoms with van der Waals surface area (Å²) in [5.74, 6) is -0.0847. The molecule has 0 saturated heterocycles. The number of hydrogen-bond acceptors (Lipinski definition) is 5. The second kappa shape index (κ2) is 5.97. The second-order valence-corrected chi connectivity index (χ2v) is 3.93. The van der Waals surface area contributed by atoms with Gasteiger partial charge in [0.05, 0.1) is 18.6 Å². The summed E-state index contributed by atoms with van der Waals surface area (Å²) in [6.45, 7) is 0.235. The average molecular weight is 253 g/mol. The number of rotatable bonds is 5. The van der Waals surface area contributed by atoms with Gasteiger partial charge in [0, 0.05) is 17.8 Å². The minimum Gasteiger partial charge on any atom is -0.490 e. The predicted octanol–water partition coefficient (Wildman–Crippen LogP) is 1.10. The molecule has 7 heteroatoms. The molecule has 1 aromatic rings. The first-order valence-electron chi connectivity index (χ1n) is 5.21. The molecule has 1 aromatic carbocycles. The SMILES string of the molecule is COc1cc(NC(=O)CN(C)C)ccc1[N+](=O)[O-]. The number of carbonyl (C=O) groups excluding carboxylic acids is 1. The minimum absolute atomic E-state index is 0.114. The van der Waals surface area contributed by atoms with E-state index < -0.39 is 4.92 Å². The number of methoxy groups -OCH3 is 1. The number of ether oxygens (including phenoxy) is 1. The number of nitrogens with one attached hydrogen (secondary N) is 1. The lowest BCUT2D eigenvalue weighted by molar-refractivity contribution is -0.385. The maximum absolute atomic E-state index is 11.5. The lowest BCUT2D eigenvalue weighted by Crippen LogP contribution is -2.27. The van der Waals surface area contributed by atoms with Gasteiger partial charge in [0.15, 0.2) is 5.75 Å². The Morgan fingerprint density at radius 2 is 2.17 bits per heavy atom. The van der Waals surface area contributed by atoms with Gasteiger partial charge in [-0.2, -0.15) is 0 Å². The largest absolute Gasteiger partial charge is 0.490 e. The highest BCUT2D eigenvalue weighted by molar-refractivity contribution is 5.92. The van der Waals surface area contributed by atoms with Crippen LogP contribution in [0.3, 0.4) is 0 Å². The molecule has 0 aliphatic carbocycles. The summed E-state index contributed by atoms with van der Waals surface area (Å²) in [4.78, 5) is 23.4. The first-order valence-corrected chi connectivity index (χ1v) is 5.21. The lowest BCUT2D eigenvalue weighted by atomic mass is 10.2. The highest BCUT2D eigenvalue weighted by Gasteiger charge is 2.15. The Morgan fingerprint density at radius 1 is 1.50 bits per heavy atom.